The van der Waals surface area contributed by atoms with Crippen LogP contribution in [0.15, 0.2) is 24.3 Å². The summed E-state index contributed by atoms with van der Waals surface area (Å²) in [7, 11) is 0. The lowest BCUT2D eigenvalue weighted by molar-refractivity contribution is -0.178. The van der Waals surface area contributed by atoms with Crippen molar-refractivity contribution in [1.82, 2.24) is 0 Å². The number of cyclic esters (lactones) is 1. The monoisotopic (exact) mass is 370 g/mol. The number of hydrogen-bond acceptors (Lipinski definition) is 3. The number of esters is 1. The lowest BCUT2D eigenvalue weighted by Gasteiger charge is -2.41. The summed E-state index contributed by atoms with van der Waals surface area (Å²) >= 11 is 0. The smallest absolute Gasteiger partial charge is 0.313 e. The normalized spacial score (nSPS) is 24.3. The maximum absolute atomic E-state index is 12.2. The second-order valence-electron chi connectivity index (χ2n) is 9.25. The van der Waals surface area contributed by atoms with Gasteiger partial charge in [-0.25, -0.2) is 0 Å². The molecule has 2 aliphatic rings. The molecule has 1 saturated carbocycles. The average molecular weight is 371 g/mol. The first kappa shape index (κ1) is 20.1. The van der Waals surface area contributed by atoms with Gasteiger partial charge in [0.15, 0.2) is 0 Å². The summed E-state index contributed by atoms with van der Waals surface area (Å²) in [6.45, 7) is 6.83. The molecule has 27 heavy (non-hydrogen) atoms. The first-order chi connectivity index (χ1) is 12.8. The van der Waals surface area contributed by atoms with E-state index in [1.165, 1.54) is 30.4 Å². The van der Waals surface area contributed by atoms with E-state index in [4.69, 9.17) is 4.74 Å². The molecule has 0 radical (unpaired) electrons. The molecule has 1 aliphatic heterocycles. The zero-order chi connectivity index (χ0) is 19.5. The zero-order valence-electron chi connectivity index (χ0n) is 17.2. The van der Waals surface area contributed by atoms with Gasteiger partial charge in [-0.1, -0.05) is 64.3 Å². The van der Waals surface area contributed by atoms with Crippen molar-refractivity contribution in [3.8, 4) is 0 Å². The van der Waals surface area contributed by atoms with Gasteiger partial charge in [0.2, 0.25) is 0 Å². The third-order valence-electron chi connectivity index (χ3n) is 6.67. The Kier molecular flexibility index (Phi) is 6.08. The Bertz CT molecular complexity index is 667. The van der Waals surface area contributed by atoms with Crippen LogP contribution >= 0.6 is 0 Å². The average Bonchev–Trinajstić information content (AvgIpc) is 3.15. The molecule has 1 saturated heterocycles. The van der Waals surface area contributed by atoms with E-state index in [2.05, 4.69) is 45.0 Å². The van der Waals surface area contributed by atoms with Crippen molar-refractivity contribution in [3.05, 3.63) is 35.4 Å². The molecule has 148 valence electrons. The molecule has 3 heteroatoms. The van der Waals surface area contributed by atoms with Gasteiger partial charge < -0.3 is 4.74 Å². The lowest BCUT2D eigenvalue weighted by Crippen LogP contribution is -2.48. The fraction of sp³-hybridized carbons (Fsp3) is 0.667. The number of carbonyl (C=O) groups is 2. The minimum absolute atomic E-state index is 0.0465. The van der Waals surface area contributed by atoms with Gasteiger partial charge in [0.05, 0.1) is 0 Å². The summed E-state index contributed by atoms with van der Waals surface area (Å²) in [4.78, 5) is 24.3. The van der Waals surface area contributed by atoms with E-state index in [-0.39, 0.29) is 23.6 Å². The summed E-state index contributed by atoms with van der Waals surface area (Å²) in [5.74, 6) is 0.0670. The van der Waals surface area contributed by atoms with Crippen LogP contribution in [0, 0.1) is 5.92 Å². The van der Waals surface area contributed by atoms with Crippen LogP contribution in [0.4, 0.5) is 0 Å². The first-order valence-electron chi connectivity index (χ1n) is 10.7. The van der Waals surface area contributed by atoms with Crippen LogP contribution in [0.3, 0.4) is 0 Å². The quantitative estimate of drug-likeness (QED) is 0.468. The van der Waals surface area contributed by atoms with E-state index in [1.54, 1.807) is 0 Å². The summed E-state index contributed by atoms with van der Waals surface area (Å²) in [5, 5.41) is 0. The van der Waals surface area contributed by atoms with Crippen LogP contribution in [0.1, 0.15) is 89.7 Å². The number of benzene rings is 1. The van der Waals surface area contributed by atoms with Crippen molar-refractivity contribution in [2.24, 2.45) is 5.92 Å². The van der Waals surface area contributed by atoms with Crippen molar-refractivity contribution in [1.29, 1.82) is 0 Å². The molecule has 2 fully saturated rings. The highest BCUT2D eigenvalue weighted by atomic mass is 16.6. The molecular weight excluding hydrogens is 336 g/mol. The maximum atomic E-state index is 12.2. The Morgan fingerprint density at radius 2 is 1.93 bits per heavy atom. The molecule has 3 rings (SSSR count). The zero-order valence-corrected chi connectivity index (χ0v) is 17.2. The van der Waals surface area contributed by atoms with E-state index >= 15 is 0 Å². The highest BCUT2D eigenvalue weighted by molar-refractivity contribution is 5.98. The lowest BCUT2D eigenvalue weighted by atomic mass is 9.75. The molecule has 1 unspecified atom stereocenters. The molecule has 1 aromatic carbocycles. The van der Waals surface area contributed by atoms with E-state index < -0.39 is 5.60 Å². The molecule has 0 aromatic heterocycles. The molecule has 0 bridgehead atoms. The van der Waals surface area contributed by atoms with Crippen LogP contribution in [0.2, 0.25) is 0 Å². The van der Waals surface area contributed by atoms with Crippen molar-refractivity contribution >= 4 is 11.8 Å². The predicted octanol–water partition coefficient (Wildman–Crippen LogP) is 5.53. The Hall–Kier alpha value is -1.64. The van der Waals surface area contributed by atoms with E-state index in [0.29, 0.717) is 12.3 Å². The second kappa shape index (κ2) is 8.16. The van der Waals surface area contributed by atoms with E-state index in [9.17, 15) is 9.59 Å². The molecule has 1 aromatic rings. The fourth-order valence-corrected chi connectivity index (χ4v) is 5.15. The van der Waals surface area contributed by atoms with Gasteiger partial charge >= 0.3 is 5.97 Å². The summed E-state index contributed by atoms with van der Waals surface area (Å²) < 4.78 is 5.93. The third kappa shape index (κ3) is 4.62. The van der Waals surface area contributed by atoms with Gasteiger partial charge in [0.25, 0.3) is 0 Å². The molecule has 1 aliphatic carbocycles. The fourth-order valence-electron chi connectivity index (χ4n) is 5.15. The third-order valence-corrected chi connectivity index (χ3v) is 6.67. The predicted molar refractivity (Wildman–Crippen MR) is 108 cm³/mol. The number of aryl methyl sites for hydroxylation is 1. The molecule has 3 nitrogen and oxygen atoms in total. The highest BCUT2D eigenvalue weighted by Gasteiger charge is 2.47. The standard InChI is InChI=1S/C24H34O3/c1-4-13-23(2,3)20-11-7-8-18(15-20)12-14-24(19-9-5-6-10-19)17-21(25)16-22(26)27-24/h7-8,11,15,19H,4-6,9-10,12-14,16-17H2,1-3H3. The Labute approximate surface area is 163 Å². The van der Waals surface area contributed by atoms with Gasteiger partial charge in [0.1, 0.15) is 17.8 Å². The minimum atomic E-state index is -0.572. The minimum Gasteiger partial charge on any atom is -0.458 e. The summed E-state index contributed by atoms with van der Waals surface area (Å²) in [6, 6.07) is 8.84. The topological polar surface area (TPSA) is 43.4 Å². The Morgan fingerprint density at radius 3 is 2.59 bits per heavy atom. The van der Waals surface area contributed by atoms with Crippen LogP contribution < -0.4 is 0 Å². The summed E-state index contributed by atoms with van der Waals surface area (Å²) in [6.07, 6.45) is 8.81. The van der Waals surface area contributed by atoms with Crippen molar-refractivity contribution in [2.45, 2.75) is 96.0 Å². The van der Waals surface area contributed by atoms with Crippen LogP contribution in [-0.4, -0.2) is 17.4 Å². The number of ether oxygens (including phenoxy) is 1. The van der Waals surface area contributed by atoms with Crippen molar-refractivity contribution in [2.75, 3.05) is 0 Å². The molecule has 1 atom stereocenters. The highest BCUT2D eigenvalue weighted by Crippen LogP contribution is 2.44. The van der Waals surface area contributed by atoms with Gasteiger partial charge in [-0.3, -0.25) is 9.59 Å². The van der Waals surface area contributed by atoms with Gasteiger partial charge in [0, 0.05) is 6.42 Å². The Balaban J connectivity index is 1.78. The molecule has 0 amide bonds. The number of carbonyl (C=O) groups excluding carboxylic acids is 2. The van der Waals surface area contributed by atoms with Gasteiger partial charge in [-0.05, 0) is 54.6 Å². The summed E-state index contributed by atoms with van der Waals surface area (Å²) in [5.41, 5.74) is 2.25. The van der Waals surface area contributed by atoms with Crippen LogP contribution in [0.25, 0.3) is 0 Å². The largest absolute Gasteiger partial charge is 0.458 e. The van der Waals surface area contributed by atoms with E-state index in [0.717, 1.165) is 32.1 Å². The van der Waals surface area contributed by atoms with Crippen LogP contribution in [0.5, 0.6) is 0 Å². The molecular formula is C24H34O3. The maximum Gasteiger partial charge on any atom is 0.313 e. The second-order valence-corrected chi connectivity index (χ2v) is 9.25. The number of Topliss-reactive ketones (excluding diaryl/α,β-unsaturated/α-hetero) is 1. The number of rotatable bonds is 7. The van der Waals surface area contributed by atoms with Crippen molar-refractivity contribution in [3.63, 3.8) is 0 Å². The number of ketones is 1. The first-order valence-corrected chi connectivity index (χ1v) is 10.7. The molecule has 0 N–H and O–H groups in total. The van der Waals surface area contributed by atoms with Crippen molar-refractivity contribution < 1.29 is 14.3 Å². The van der Waals surface area contributed by atoms with Gasteiger partial charge in [-0.2, -0.15) is 0 Å². The van der Waals surface area contributed by atoms with Crippen LogP contribution in [-0.2, 0) is 26.2 Å². The molecule has 0 spiro atoms. The van der Waals surface area contributed by atoms with Gasteiger partial charge in [-0.15, -0.1) is 0 Å². The molecule has 1 heterocycles. The van der Waals surface area contributed by atoms with E-state index in [1.807, 2.05) is 0 Å². The number of hydrogen-bond donors (Lipinski definition) is 0. The SMILES string of the molecule is CCCC(C)(C)c1cccc(CCC2(C3CCCC3)CC(=O)CC(=O)O2)c1. The Morgan fingerprint density at radius 1 is 1.19 bits per heavy atom.